The molecule has 0 saturated heterocycles. The molecule has 0 spiro atoms. The molecule has 0 aliphatic rings. The standard InChI is InChI=1S/C17H22N4O2.C2H6/c1-4-23-9-13-20-14-15(21(13)10-17(2,3)22)11-7-5-6-8-12(11)19-16(14)18;1-2/h5-8,22H,4,9-10H2,1-3H3,(H2,18,19);1-2H3. The Balaban J connectivity index is 0.00000109. The highest BCUT2D eigenvalue weighted by Gasteiger charge is 2.22. The van der Waals surface area contributed by atoms with Gasteiger partial charge in [-0.05, 0) is 26.8 Å². The molecule has 136 valence electrons. The van der Waals surface area contributed by atoms with Crippen LogP contribution in [0.2, 0.25) is 0 Å². The Hall–Kier alpha value is -2.18. The number of aliphatic hydroxyl groups is 1. The number of nitrogens with two attached hydrogens (primary N) is 1. The Kier molecular flexibility index (Phi) is 5.98. The third kappa shape index (κ3) is 4.08. The van der Waals surface area contributed by atoms with Crippen LogP contribution < -0.4 is 5.73 Å². The van der Waals surface area contributed by atoms with Crippen LogP contribution in [0.4, 0.5) is 5.82 Å². The second kappa shape index (κ2) is 7.80. The van der Waals surface area contributed by atoms with Crippen molar-refractivity contribution in [2.75, 3.05) is 12.3 Å². The zero-order valence-electron chi connectivity index (χ0n) is 15.7. The Bertz CT molecular complexity index is 850. The molecule has 3 aromatic rings. The predicted octanol–water partition coefficient (Wildman–Crippen LogP) is 3.50. The van der Waals surface area contributed by atoms with Crippen molar-refractivity contribution in [3.63, 3.8) is 0 Å². The summed E-state index contributed by atoms with van der Waals surface area (Å²) in [5, 5.41) is 11.3. The molecular weight excluding hydrogens is 316 g/mol. The fourth-order valence-electron chi connectivity index (χ4n) is 2.77. The summed E-state index contributed by atoms with van der Waals surface area (Å²) >= 11 is 0. The summed E-state index contributed by atoms with van der Waals surface area (Å²) in [5.74, 6) is 1.14. The molecule has 0 bridgehead atoms. The molecule has 3 N–H and O–H groups in total. The number of imidazole rings is 1. The number of ether oxygens (including phenoxy) is 1. The third-order valence-corrected chi connectivity index (χ3v) is 3.67. The summed E-state index contributed by atoms with van der Waals surface area (Å²) in [6.45, 7) is 10.9. The highest BCUT2D eigenvalue weighted by molar-refractivity contribution is 6.06. The van der Waals surface area contributed by atoms with Crippen LogP contribution >= 0.6 is 0 Å². The first-order chi connectivity index (χ1) is 11.9. The molecular formula is C19H28N4O2. The van der Waals surface area contributed by atoms with E-state index in [2.05, 4.69) is 9.97 Å². The quantitative estimate of drug-likeness (QED) is 0.740. The van der Waals surface area contributed by atoms with Gasteiger partial charge in [-0.25, -0.2) is 9.97 Å². The van der Waals surface area contributed by atoms with Gasteiger partial charge in [0.25, 0.3) is 0 Å². The van der Waals surface area contributed by atoms with Crippen molar-refractivity contribution in [2.24, 2.45) is 0 Å². The molecule has 0 unspecified atom stereocenters. The van der Waals surface area contributed by atoms with E-state index < -0.39 is 5.60 Å². The van der Waals surface area contributed by atoms with Gasteiger partial charge >= 0.3 is 0 Å². The zero-order chi connectivity index (χ0) is 18.6. The lowest BCUT2D eigenvalue weighted by atomic mass is 10.1. The van der Waals surface area contributed by atoms with Crippen LogP contribution in [0, 0.1) is 0 Å². The first kappa shape index (κ1) is 19.1. The smallest absolute Gasteiger partial charge is 0.152 e. The monoisotopic (exact) mass is 344 g/mol. The van der Waals surface area contributed by atoms with Crippen molar-refractivity contribution < 1.29 is 9.84 Å². The molecule has 6 heteroatoms. The van der Waals surface area contributed by atoms with E-state index in [0.717, 1.165) is 22.2 Å². The van der Waals surface area contributed by atoms with Crippen molar-refractivity contribution in [2.45, 2.75) is 53.4 Å². The summed E-state index contributed by atoms with van der Waals surface area (Å²) in [6, 6.07) is 7.81. The largest absolute Gasteiger partial charge is 0.389 e. The van der Waals surface area contributed by atoms with Crippen LogP contribution in [0.1, 0.15) is 40.4 Å². The molecule has 0 atom stereocenters. The normalized spacial score (nSPS) is 11.6. The highest BCUT2D eigenvalue weighted by atomic mass is 16.5. The van der Waals surface area contributed by atoms with Gasteiger partial charge in [-0.1, -0.05) is 32.0 Å². The lowest BCUT2D eigenvalue weighted by Gasteiger charge is -2.20. The number of nitrogen functional groups attached to an aromatic ring is 1. The number of benzene rings is 1. The van der Waals surface area contributed by atoms with Crippen LogP contribution in [-0.2, 0) is 17.9 Å². The summed E-state index contributed by atoms with van der Waals surface area (Å²) < 4.78 is 7.52. The molecule has 3 rings (SSSR count). The molecule has 0 radical (unpaired) electrons. The molecule has 2 heterocycles. The van der Waals surface area contributed by atoms with Crippen molar-refractivity contribution in [3.05, 3.63) is 30.1 Å². The Morgan fingerprint density at radius 2 is 1.88 bits per heavy atom. The van der Waals surface area contributed by atoms with Gasteiger partial charge in [0.05, 0.1) is 23.2 Å². The van der Waals surface area contributed by atoms with Crippen LogP contribution in [-0.4, -0.2) is 31.8 Å². The number of aromatic nitrogens is 3. The van der Waals surface area contributed by atoms with Crippen LogP contribution in [0.3, 0.4) is 0 Å². The maximum atomic E-state index is 10.3. The van der Waals surface area contributed by atoms with Crippen LogP contribution in [0.15, 0.2) is 24.3 Å². The summed E-state index contributed by atoms with van der Waals surface area (Å²) in [7, 11) is 0. The molecule has 6 nitrogen and oxygen atoms in total. The van der Waals surface area contributed by atoms with Crippen molar-refractivity contribution in [1.82, 2.24) is 14.5 Å². The maximum absolute atomic E-state index is 10.3. The van der Waals surface area contributed by atoms with E-state index in [9.17, 15) is 5.11 Å². The minimum absolute atomic E-state index is 0.370. The number of pyridine rings is 1. The van der Waals surface area contributed by atoms with E-state index in [-0.39, 0.29) is 0 Å². The Labute approximate surface area is 148 Å². The van der Waals surface area contributed by atoms with E-state index in [0.29, 0.717) is 31.1 Å². The zero-order valence-corrected chi connectivity index (χ0v) is 15.7. The minimum Gasteiger partial charge on any atom is -0.389 e. The predicted molar refractivity (Wildman–Crippen MR) is 102 cm³/mol. The highest BCUT2D eigenvalue weighted by Crippen LogP contribution is 2.30. The molecule has 0 fully saturated rings. The summed E-state index contributed by atoms with van der Waals surface area (Å²) in [5.41, 5.74) is 7.59. The first-order valence-corrected chi connectivity index (χ1v) is 8.74. The van der Waals surface area contributed by atoms with Gasteiger partial charge in [0.2, 0.25) is 0 Å². The molecule has 2 aromatic heterocycles. The number of nitrogens with zero attached hydrogens (tertiary/aromatic N) is 3. The van der Waals surface area contributed by atoms with Gasteiger partial charge in [0.1, 0.15) is 17.9 Å². The summed E-state index contributed by atoms with van der Waals surface area (Å²) in [6.07, 6.45) is 0. The van der Waals surface area contributed by atoms with Crippen molar-refractivity contribution in [3.8, 4) is 0 Å². The molecule has 1 aromatic carbocycles. The number of hydrogen-bond donors (Lipinski definition) is 2. The number of anilines is 1. The van der Waals surface area contributed by atoms with Crippen LogP contribution in [0.5, 0.6) is 0 Å². The van der Waals surface area contributed by atoms with Crippen molar-refractivity contribution in [1.29, 1.82) is 0 Å². The average molecular weight is 344 g/mol. The fourth-order valence-corrected chi connectivity index (χ4v) is 2.77. The maximum Gasteiger partial charge on any atom is 0.152 e. The molecule has 0 aliphatic carbocycles. The van der Waals surface area contributed by atoms with E-state index in [4.69, 9.17) is 10.5 Å². The second-order valence-electron chi connectivity index (χ2n) is 6.28. The minimum atomic E-state index is -0.881. The number of para-hydroxylation sites is 1. The van der Waals surface area contributed by atoms with E-state index in [1.54, 1.807) is 13.8 Å². The first-order valence-electron chi connectivity index (χ1n) is 8.74. The van der Waals surface area contributed by atoms with E-state index >= 15 is 0 Å². The number of hydrogen-bond acceptors (Lipinski definition) is 5. The molecule has 0 saturated carbocycles. The summed E-state index contributed by atoms with van der Waals surface area (Å²) in [4.78, 5) is 9.06. The topological polar surface area (TPSA) is 86.2 Å². The van der Waals surface area contributed by atoms with E-state index in [1.807, 2.05) is 49.6 Å². The fraction of sp³-hybridized carbons (Fsp3) is 0.474. The van der Waals surface area contributed by atoms with Gasteiger partial charge in [0.15, 0.2) is 5.82 Å². The van der Waals surface area contributed by atoms with Gasteiger partial charge in [-0.2, -0.15) is 0 Å². The van der Waals surface area contributed by atoms with Crippen molar-refractivity contribution >= 4 is 27.8 Å². The average Bonchev–Trinajstić information content (AvgIpc) is 2.92. The molecule has 25 heavy (non-hydrogen) atoms. The van der Waals surface area contributed by atoms with Gasteiger partial charge in [-0.15, -0.1) is 0 Å². The molecule has 0 amide bonds. The lowest BCUT2D eigenvalue weighted by molar-refractivity contribution is 0.0582. The van der Waals surface area contributed by atoms with E-state index in [1.165, 1.54) is 0 Å². The molecule has 0 aliphatic heterocycles. The van der Waals surface area contributed by atoms with Gasteiger partial charge < -0.3 is 20.1 Å². The number of fused-ring (bicyclic) bond motifs is 3. The van der Waals surface area contributed by atoms with Crippen LogP contribution in [0.25, 0.3) is 21.9 Å². The Morgan fingerprint density at radius 3 is 2.52 bits per heavy atom. The lowest BCUT2D eigenvalue weighted by Crippen LogP contribution is -2.27. The van der Waals surface area contributed by atoms with Gasteiger partial charge in [-0.3, -0.25) is 0 Å². The SMILES string of the molecule is CC.CCOCc1nc2c(N)nc3ccccc3c2n1CC(C)(C)O. The van der Waals surface area contributed by atoms with Gasteiger partial charge in [0, 0.05) is 12.0 Å². The third-order valence-electron chi connectivity index (χ3n) is 3.67. The Morgan fingerprint density at radius 1 is 1.20 bits per heavy atom. The second-order valence-corrected chi connectivity index (χ2v) is 6.28. The number of rotatable bonds is 5.